The highest BCUT2D eigenvalue weighted by atomic mass is 31.2. The predicted octanol–water partition coefficient (Wildman–Crippen LogP) is 27.3. The molecule has 0 bridgehead atoms. The minimum atomic E-state index is -4.97. The Bertz CT molecular complexity index is 2080. The molecule has 0 aromatic rings. The number of esters is 4. The summed E-state index contributed by atoms with van der Waals surface area (Å²) in [6.45, 7) is 12.0. The first-order valence-corrected chi connectivity index (χ1v) is 48.9. The molecule has 0 saturated heterocycles. The fourth-order valence-electron chi connectivity index (χ4n) is 13.8. The molecule has 0 heterocycles. The lowest BCUT2D eigenvalue weighted by atomic mass is 9.99. The standard InChI is InChI=1S/C89H174O17P2/c1-8-11-12-13-14-15-16-17-18-19-20-21-22-23-27-30-33-36-41-49-56-63-70-86(91)99-76-84(105-88(93)72-65-58-51-42-37-34-31-28-25-24-26-29-32-35-40-47-54-61-68-81(6)9-2)78-103-107(95,96)101-74-83(90)75-102-108(97,98)104-79-85(106-89(94)73-66-59-52-43-38-39-46-53-60-67-80(4)5)77-100-87(92)71-64-57-50-45-44-48-55-62-69-82(7)10-3/h80-85,90H,8-79H2,1-7H3,(H,95,96)(H,97,98)/t81?,82?,83-,84-,85-/m1/s1. The summed E-state index contributed by atoms with van der Waals surface area (Å²) < 4.78 is 68.9. The molecule has 642 valence electrons. The van der Waals surface area contributed by atoms with E-state index in [4.69, 9.17) is 37.0 Å². The van der Waals surface area contributed by atoms with Gasteiger partial charge in [-0.15, -0.1) is 0 Å². The molecule has 0 aromatic heterocycles. The molecule has 3 N–H and O–H groups in total. The molecule has 0 spiro atoms. The van der Waals surface area contributed by atoms with Crippen LogP contribution in [0, 0.1) is 17.8 Å². The summed E-state index contributed by atoms with van der Waals surface area (Å²) in [4.78, 5) is 73.3. The Morgan fingerprint density at radius 1 is 0.269 bits per heavy atom. The molecule has 0 saturated carbocycles. The highest BCUT2D eigenvalue weighted by Crippen LogP contribution is 2.45. The van der Waals surface area contributed by atoms with Crippen molar-refractivity contribution in [1.29, 1.82) is 0 Å². The van der Waals surface area contributed by atoms with Gasteiger partial charge >= 0.3 is 39.5 Å². The Balaban J connectivity index is 5.21. The van der Waals surface area contributed by atoms with E-state index in [1.54, 1.807) is 0 Å². The second-order valence-corrected chi connectivity index (χ2v) is 35.9. The zero-order chi connectivity index (χ0) is 79.3. The number of rotatable bonds is 87. The minimum absolute atomic E-state index is 0.105. The number of phosphoric ester groups is 2. The third-order valence-corrected chi connectivity index (χ3v) is 23.5. The second kappa shape index (κ2) is 78.9. The topological polar surface area (TPSA) is 237 Å². The van der Waals surface area contributed by atoms with Gasteiger partial charge in [0.15, 0.2) is 12.2 Å². The van der Waals surface area contributed by atoms with Crippen molar-refractivity contribution in [2.45, 2.75) is 491 Å². The molecule has 0 aliphatic heterocycles. The molecule has 0 aliphatic carbocycles. The summed E-state index contributed by atoms with van der Waals surface area (Å²) in [5.41, 5.74) is 0. The van der Waals surface area contributed by atoms with E-state index in [0.717, 1.165) is 108 Å². The van der Waals surface area contributed by atoms with Crippen LogP contribution in [-0.2, 0) is 65.4 Å². The number of unbranched alkanes of at least 4 members (excludes halogenated alkanes) is 53. The molecular weight excluding hydrogens is 1400 g/mol. The summed E-state index contributed by atoms with van der Waals surface area (Å²) in [5.74, 6) is 0.280. The summed E-state index contributed by atoms with van der Waals surface area (Å²) in [5, 5.41) is 10.7. The first-order valence-electron chi connectivity index (χ1n) is 45.9. The lowest BCUT2D eigenvalue weighted by Crippen LogP contribution is -2.30. The van der Waals surface area contributed by atoms with Gasteiger partial charge in [-0.05, 0) is 43.4 Å². The Morgan fingerprint density at radius 3 is 0.704 bits per heavy atom. The number of hydrogen-bond acceptors (Lipinski definition) is 15. The quantitative estimate of drug-likeness (QED) is 0.0222. The molecule has 0 rings (SSSR count). The summed E-state index contributed by atoms with van der Waals surface area (Å²) >= 11 is 0. The molecule has 0 aliphatic rings. The SMILES string of the molecule is CCCCCCCCCCCCCCCCCCCCCCCCC(=O)OC[C@H](COP(=O)(O)OC[C@@H](O)COP(=O)(O)OC[C@@H](COC(=O)CCCCCCCCCCC(C)CC)OC(=O)CCCCCCCCCCCC(C)C)OC(=O)CCCCCCCCCCCCCCCCCCCCC(C)CC. The van der Waals surface area contributed by atoms with Gasteiger partial charge < -0.3 is 33.8 Å². The predicted molar refractivity (Wildman–Crippen MR) is 446 cm³/mol. The zero-order valence-corrected chi connectivity index (χ0v) is 73.1. The number of carbonyl (C=O) groups excluding carboxylic acids is 4. The van der Waals surface area contributed by atoms with Crippen LogP contribution in [0.5, 0.6) is 0 Å². The Morgan fingerprint density at radius 2 is 0.472 bits per heavy atom. The van der Waals surface area contributed by atoms with Crippen molar-refractivity contribution in [1.82, 2.24) is 0 Å². The van der Waals surface area contributed by atoms with Gasteiger partial charge in [-0.2, -0.15) is 0 Å². The lowest BCUT2D eigenvalue weighted by Gasteiger charge is -2.21. The number of aliphatic hydroxyl groups is 1. The Hall–Kier alpha value is -1.94. The molecule has 17 nitrogen and oxygen atoms in total. The third-order valence-electron chi connectivity index (χ3n) is 21.6. The van der Waals surface area contributed by atoms with Crippen LogP contribution in [-0.4, -0.2) is 96.7 Å². The minimum Gasteiger partial charge on any atom is -0.462 e. The lowest BCUT2D eigenvalue weighted by molar-refractivity contribution is -0.161. The highest BCUT2D eigenvalue weighted by Gasteiger charge is 2.31. The van der Waals surface area contributed by atoms with Gasteiger partial charge in [-0.1, -0.05) is 421 Å². The maximum Gasteiger partial charge on any atom is 0.472 e. The average Bonchev–Trinajstić information content (AvgIpc) is 0.939. The van der Waals surface area contributed by atoms with E-state index in [-0.39, 0.29) is 25.7 Å². The van der Waals surface area contributed by atoms with E-state index < -0.39 is 97.5 Å². The van der Waals surface area contributed by atoms with Gasteiger partial charge in [0.05, 0.1) is 26.4 Å². The van der Waals surface area contributed by atoms with Crippen LogP contribution in [0.15, 0.2) is 0 Å². The van der Waals surface area contributed by atoms with Crippen LogP contribution in [0.4, 0.5) is 0 Å². The van der Waals surface area contributed by atoms with Crippen LogP contribution in [0.25, 0.3) is 0 Å². The van der Waals surface area contributed by atoms with Gasteiger partial charge in [0.2, 0.25) is 0 Å². The highest BCUT2D eigenvalue weighted by molar-refractivity contribution is 7.47. The van der Waals surface area contributed by atoms with Gasteiger partial charge in [-0.25, -0.2) is 9.13 Å². The zero-order valence-electron chi connectivity index (χ0n) is 71.3. The fourth-order valence-corrected chi connectivity index (χ4v) is 15.4. The number of carbonyl (C=O) groups is 4. The van der Waals surface area contributed by atoms with Crippen molar-refractivity contribution in [2.75, 3.05) is 39.6 Å². The first kappa shape index (κ1) is 106. The number of aliphatic hydroxyl groups excluding tert-OH is 1. The van der Waals surface area contributed by atoms with Crippen molar-refractivity contribution < 1.29 is 80.2 Å². The van der Waals surface area contributed by atoms with Crippen molar-refractivity contribution >= 4 is 39.5 Å². The van der Waals surface area contributed by atoms with Gasteiger partial charge in [0, 0.05) is 25.7 Å². The molecule has 0 amide bonds. The first-order chi connectivity index (χ1) is 52.3. The van der Waals surface area contributed by atoms with Crippen molar-refractivity contribution in [3.63, 3.8) is 0 Å². The molecule has 0 aromatic carbocycles. The summed E-state index contributed by atoms with van der Waals surface area (Å²) in [6.07, 6.45) is 71.0. The average molecular weight is 1580 g/mol. The van der Waals surface area contributed by atoms with Gasteiger partial charge in [-0.3, -0.25) is 37.3 Å². The molecule has 108 heavy (non-hydrogen) atoms. The van der Waals surface area contributed by atoms with E-state index in [1.165, 1.54) is 283 Å². The van der Waals surface area contributed by atoms with E-state index in [0.29, 0.717) is 25.7 Å². The smallest absolute Gasteiger partial charge is 0.462 e. The molecule has 7 atom stereocenters. The van der Waals surface area contributed by atoms with Crippen molar-refractivity contribution in [2.24, 2.45) is 17.8 Å². The maximum absolute atomic E-state index is 13.2. The van der Waals surface area contributed by atoms with Crippen LogP contribution in [0.1, 0.15) is 472 Å². The number of ether oxygens (including phenoxy) is 4. The van der Waals surface area contributed by atoms with Crippen LogP contribution >= 0.6 is 15.6 Å². The Kier molecular flexibility index (Phi) is 77.5. The number of hydrogen-bond donors (Lipinski definition) is 3. The van der Waals surface area contributed by atoms with Gasteiger partial charge in [0.25, 0.3) is 0 Å². The van der Waals surface area contributed by atoms with Crippen LogP contribution in [0.2, 0.25) is 0 Å². The van der Waals surface area contributed by atoms with E-state index >= 15 is 0 Å². The maximum atomic E-state index is 13.2. The van der Waals surface area contributed by atoms with E-state index in [2.05, 4.69) is 48.5 Å². The monoisotopic (exact) mass is 1580 g/mol. The summed E-state index contributed by atoms with van der Waals surface area (Å²) in [7, 11) is -9.93. The largest absolute Gasteiger partial charge is 0.472 e. The van der Waals surface area contributed by atoms with Crippen molar-refractivity contribution in [3.8, 4) is 0 Å². The van der Waals surface area contributed by atoms with Crippen molar-refractivity contribution in [3.05, 3.63) is 0 Å². The van der Waals surface area contributed by atoms with E-state index in [9.17, 15) is 43.2 Å². The molecule has 4 unspecified atom stereocenters. The molecule has 19 heteroatoms. The van der Waals surface area contributed by atoms with Crippen LogP contribution < -0.4 is 0 Å². The summed E-state index contributed by atoms with van der Waals surface area (Å²) in [6, 6.07) is 0. The van der Waals surface area contributed by atoms with Gasteiger partial charge in [0.1, 0.15) is 19.3 Å². The second-order valence-electron chi connectivity index (χ2n) is 32.9. The Labute approximate surface area is 664 Å². The normalized spacial score (nSPS) is 14.3. The van der Waals surface area contributed by atoms with Crippen LogP contribution in [0.3, 0.4) is 0 Å². The number of phosphoric acid groups is 2. The van der Waals surface area contributed by atoms with E-state index in [1.807, 2.05) is 0 Å². The molecular formula is C89H174O17P2. The molecule has 0 radical (unpaired) electrons. The third kappa shape index (κ3) is 79.3. The fraction of sp³-hybridized carbons (Fsp3) is 0.955. The molecule has 0 fully saturated rings.